The van der Waals surface area contributed by atoms with Crippen molar-refractivity contribution in [3.63, 3.8) is 0 Å². The summed E-state index contributed by atoms with van der Waals surface area (Å²) in [6.07, 6.45) is 1.51. The van der Waals surface area contributed by atoms with Crippen molar-refractivity contribution >= 4 is 21.7 Å². The minimum atomic E-state index is -3.75. The van der Waals surface area contributed by atoms with Crippen molar-refractivity contribution in [2.24, 2.45) is 0 Å². The normalized spacial score (nSPS) is 11.3. The van der Waals surface area contributed by atoms with Gasteiger partial charge in [-0.05, 0) is 56.7 Å². The molecular formula is C22H29NO6S. The van der Waals surface area contributed by atoms with E-state index < -0.39 is 10.1 Å². The van der Waals surface area contributed by atoms with Gasteiger partial charge in [0.05, 0.1) is 18.1 Å². The molecule has 0 atom stereocenters. The van der Waals surface area contributed by atoms with Gasteiger partial charge in [-0.25, -0.2) is 0 Å². The zero-order chi connectivity index (χ0) is 21.8. The van der Waals surface area contributed by atoms with Crippen LogP contribution in [-0.2, 0) is 23.8 Å². The van der Waals surface area contributed by atoms with Crippen LogP contribution in [-0.4, -0.2) is 40.8 Å². The Hall–Kier alpha value is -2.42. The topological polar surface area (TPSA) is 90.9 Å². The van der Waals surface area contributed by atoms with Crippen molar-refractivity contribution in [3.05, 3.63) is 54.1 Å². The maximum atomic E-state index is 12.1. The second kappa shape index (κ2) is 12.3. The Morgan fingerprint density at radius 2 is 1.63 bits per heavy atom. The molecule has 0 radical (unpaired) electrons. The first-order valence-electron chi connectivity index (χ1n) is 9.97. The van der Waals surface area contributed by atoms with Crippen LogP contribution in [0.25, 0.3) is 0 Å². The molecule has 2 aromatic rings. The Kier molecular flexibility index (Phi) is 9.79. The number of hydrogen-bond donors (Lipinski definition) is 1. The lowest BCUT2D eigenvalue weighted by Crippen LogP contribution is -2.12. The summed E-state index contributed by atoms with van der Waals surface area (Å²) < 4.78 is 40.0. The number of carbonyl (C=O) groups is 1. The number of aryl methyl sites for hydroxylation is 1. The molecule has 0 aliphatic heterocycles. The molecule has 30 heavy (non-hydrogen) atoms. The van der Waals surface area contributed by atoms with Crippen LogP contribution >= 0.6 is 0 Å². The minimum absolute atomic E-state index is 0.0338. The fourth-order valence-corrected chi connectivity index (χ4v) is 3.47. The van der Waals surface area contributed by atoms with Crippen LogP contribution in [0.4, 0.5) is 5.69 Å². The Bertz CT molecular complexity index is 879. The standard InChI is InChI=1S/C22H29NO6S/c1-3-27-15-4-6-22(24)23-19-9-11-20(12-10-19)28-16-5-17-29-30(25,26)21-13-7-18(2)8-14-21/h7-14H,3-6,15-17H2,1-2H3,(H,23,24). The van der Waals surface area contributed by atoms with Crippen molar-refractivity contribution in [2.45, 2.75) is 38.0 Å². The molecule has 2 aromatic carbocycles. The molecule has 0 bridgehead atoms. The third kappa shape index (κ3) is 8.52. The summed E-state index contributed by atoms with van der Waals surface area (Å²) in [6, 6.07) is 13.5. The molecule has 0 saturated heterocycles. The number of ether oxygens (including phenoxy) is 2. The predicted octanol–water partition coefficient (Wildman–Crippen LogP) is 3.92. The van der Waals surface area contributed by atoms with Gasteiger partial charge in [0, 0.05) is 31.7 Å². The van der Waals surface area contributed by atoms with E-state index in [-0.39, 0.29) is 17.4 Å². The summed E-state index contributed by atoms with van der Waals surface area (Å²) in [5.74, 6) is 0.570. The van der Waals surface area contributed by atoms with Gasteiger partial charge in [-0.2, -0.15) is 8.42 Å². The largest absolute Gasteiger partial charge is 0.494 e. The monoisotopic (exact) mass is 435 g/mol. The number of hydrogen-bond acceptors (Lipinski definition) is 6. The van der Waals surface area contributed by atoms with Gasteiger partial charge in [0.25, 0.3) is 10.1 Å². The molecule has 0 aliphatic rings. The Morgan fingerprint density at radius 3 is 2.30 bits per heavy atom. The molecular weight excluding hydrogens is 406 g/mol. The SMILES string of the molecule is CCOCCCC(=O)Nc1ccc(OCCCOS(=O)(=O)c2ccc(C)cc2)cc1. The summed E-state index contributed by atoms with van der Waals surface area (Å²) in [5, 5.41) is 2.82. The van der Waals surface area contributed by atoms with E-state index in [1.807, 2.05) is 13.8 Å². The summed E-state index contributed by atoms with van der Waals surface area (Å²) >= 11 is 0. The number of carbonyl (C=O) groups excluding carboxylic acids is 1. The Labute approximate surface area is 178 Å². The van der Waals surface area contributed by atoms with Gasteiger partial charge < -0.3 is 14.8 Å². The zero-order valence-corrected chi connectivity index (χ0v) is 18.2. The third-order valence-corrected chi connectivity index (χ3v) is 5.47. The maximum Gasteiger partial charge on any atom is 0.296 e. The molecule has 0 aliphatic carbocycles. The minimum Gasteiger partial charge on any atom is -0.494 e. The van der Waals surface area contributed by atoms with Crippen LogP contribution < -0.4 is 10.1 Å². The highest BCUT2D eigenvalue weighted by molar-refractivity contribution is 7.86. The van der Waals surface area contributed by atoms with Gasteiger partial charge in [0.15, 0.2) is 0 Å². The van der Waals surface area contributed by atoms with Gasteiger partial charge in [-0.15, -0.1) is 0 Å². The summed E-state index contributed by atoms with van der Waals surface area (Å²) in [7, 11) is -3.75. The average molecular weight is 436 g/mol. The average Bonchev–Trinajstić information content (AvgIpc) is 2.72. The molecule has 0 unspecified atom stereocenters. The smallest absolute Gasteiger partial charge is 0.296 e. The number of anilines is 1. The van der Waals surface area contributed by atoms with E-state index in [1.165, 1.54) is 12.1 Å². The predicted molar refractivity (Wildman–Crippen MR) is 115 cm³/mol. The van der Waals surface area contributed by atoms with Gasteiger partial charge in [0.2, 0.25) is 5.91 Å². The van der Waals surface area contributed by atoms with E-state index in [0.29, 0.717) is 50.5 Å². The van der Waals surface area contributed by atoms with Crippen LogP contribution in [0.1, 0.15) is 31.7 Å². The molecule has 1 amide bonds. The van der Waals surface area contributed by atoms with Crippen LogP contribution in [0.5, 0.6) is 5.75 Å². The molecule has 8 heteroatoms. The number of amides is 1. The molecule has 2 rings (SSSR count). The molecule has 0 fully saturated rings. The molecule has 0 heterocycles. The van der Waals surface area contributed by atoms with Crippen molar-refractivity contribution in [1.82, 2.24) is 0 Å². The fourth-order valence-electron chi connectivity index (χ4n) is 2.53. The highest BCUT2D eigenvalue weighted by Crippen LogP contribution is 2.17. The Morgan fingerprint density at radius 1 is 0.933 bits per heavy atom. The van der Waals surface area contributed by atoms with Gasteiger partial charge in [0.1, 0.15) is 5.75 Å². The van der Waals surface area contributed by atoms with Gasteiger partial charge in [-0.3, -0.25) is 8.98 Å². The fraction of sp³-hybridized carbons (Fsp3) is 0.409. The zero-order valence-electron chi connectivity index (χ0n) is 17.4. The molecule has 0 aromatic heterocycles. The highest BCUT2D eigenvalue weighted by Gasteiger charge is 2.14. The van der Waals surface area contributed by atoms with Crippen molar-refractivity contribution in [3.8, 4) is 5.75 Å². The number of rotatable bonds is 13. The first-order valence-corrected chi connectivity index (χ1v) is 11.4. The van der Waals surface area contributed by atoms with Crippen LogP contribution in [0.15, 0.2) is 53.4 Å². The van der Waals surface area contributed by atoms with Crippen LogP contribution in [0.2, 0.25) is 0 Å². The summed E-state index contributed by atoms with van der Waals surface area (Å²) in [6.45, 7) is 5.38. The quantitative estimate of drug-likeness (QED) is 0.379. The lowest BCUT2D eigenvalue weighted by atomic mass is 10.2. The van der Waals surface area contributed by atoms with Crippen molar-refractivity contribution < 1.29 is 26.9 Å². The third-order valence-electron chi connectivity index (χ3n) is 4.14. The van der Waals surface area contributed by atoms with E-state index >= 15 is 0 Å². The first-order chi connectivity index (χ1) is 14.4. The van der Waals surface area contributed by atoms with E-state index in [1.54, 1.807) is 36.4 Å². The van der Waals surface area contributed by atoms with Gasteiger partial charge in [-0.1, -0.05) is 17.7 Å². The number of benzene rings is 2. The molecule has 7 nitrogen and oxygen atoms in total. The molecule has 1 N–H and O–H groups in total. The molecule has 164 valence electrons. The first kappa shape index (κ1) is 23.9. The van der Waals surface area contributed by atoms with E-state index in [2.05, 4.69) is 5.32 Å². The van der Waals surface area contributed by atoms with Gasteiger partial charge >= 0.3 is 0 Å². The van der Waals surface area contributed by atoms with Crippen molar-refractivity contribution in [2.75, 3.05) is 31.7 Å². The number of nitrogens with one attached hydrogen (secondary N) is 1. The van der Waals surface area contributed by atoms with Crippen LogP contribution in [0.3, 0.4) is 0 Å². The van der Waals surface area contributed by atoms with E-state index in [0.717, 1.165) is 5.56 Å². The van der Waals surface area contributed by atoms with E-state index in [9.17, 15) is 13.2 Å². The second-order valence-corrected chi connectivity index (χ2v) is 8.28. The lowest BCUT2D eigenvalue weighted by molar-refractivity contribution is -0.116. The van der Waals surface area contributed by atoms with E-state index in [4.69, 9.17) is 13.7 Å². The molecule has 0 spiro atoms. The lowest BCUT2D eigenvalue weighted by Gasteiger charge is -2.09. The van der Waals surface area contributed by atoms with Crippen molar-refractivity contribution in [1.29, 1.82) is 0 Å². The highest BCUT2D eigenvalue weighted by atomic mass is 32.2. The van der Waals surface area contributed by atoms with Crippen LogP contribution in [0, 0.1) is 6.92 Å². The molecule has 0 saturated carbocycles. The Balaban J connectivity index is 1.66. The second-order valence-electron chi connectivity index (χ2n) is 6.66. The summed E-state index contributed by atoms with van der Waals surface area (Å²) in [4.78, 5) is 12.0. The summed E-state index contributed by atoms with van der Waals surface area (Å²) in [5.41, 5.74) is 1.67. The maximum absolute atomic E-state index is 12.1.